The van der Waals surface area contributed by atoms with E-state index in [4.69, 9.17) is 4.74 Å². The number of rotatable bonds is 35. The van der Waals surface area contributed by atoms with Crippen LogP contribution >= 0.6 is 0 Å². The van der Waals surface area contributed by atoms with Crippen molar-refractivity contribution in [2.45, 2.75) is 259 Å². The molecule has 0 aromatic heterocycles. The molecular formula is C58H107N3O4. The van der Waals surface area contributed by atoms with E-state index >= 15 is 0 Å². The fraction of sp³-hybridized carbons (Fsp3) is 0.931. The van der Waals surface area contributed by atoms with Gasteiger partial charge >= 0.3 is 0 Å². The Morgan fingerprint density at radius 3 is 2.05 bits per heavy atom. The molecule has 3 saturated carbocycles. The Balaban J connectivity index is 1.06. The van der Waals surface area contributed by atoms with E-state index in [1.54, 1.807) is 5.57 Å². The topological polar surface area (TPSA) is 90.9 Å². The van der Waals surface area contributed by atoms with E-state index < -0.39 is 6.29 Å². The van der Waals surface area contributed by atoms with Crippen LogP contribution in [0.25, 0.3) is 0 Å². The van der Waals surface area contributed by atoms with Gasteiger partial charge in [-0.1, -0.05) is 156 Å². The maximum Gasteiger partial charge on any atom is 0.223 e. The fourth-order valence-corrected chi connectivity index (χ4v) is 13.8. The van der Waals surface area contributed by atoms with E-state index in [1.165, 1.54) is 122 Å². The zero-order valence-electron chi connectivity index (χ0n) is 44.1. The highest BCUT2D eigenvalue weighted by Crippen LogP contribution is 2.67. The number of amides is 2. The number of carbonyl (C=O) groups is 2. The lowest BCUT2D eigenvalue weighted by molar-refractivity contribution is -0.152. The third-order valence-electron chi connectivity index (χ3n) is 17.9. The summed E-state index contributed by atoms with van der Waals surface area (Å²) in [5.74, 6) is 5.45. The second-order valence-electron chi connectivity index (χ2n) is 23.7. The molecule has 4 aliphatic rings. The highest BCUT2D eigenvalue weighted by atomic mass is 16.6. The van der Waals surface area contributed by atoms with Crippen molar-refractivity contribution in [1.82, 2.24) is 15.5 Å². The van der Waals surface area contributed by atoms with Gasteiger partial charge in [-0.3, -0.25) is 9.59 Å². The number of nitrogens with one attached hydrogen (secondary N) is 2. The van der Waals surface area contributed by atoms with Crippen molar-refractivity contribution in [3.05, 3.63) is 11.6 Å². The number of hydrogen-bond acceptors (Lipinski definition) is 5. The number of ether oxygens (including phenoxy) is 1. The Morgan fingerprint density at radius 1 is 0.723 bits per heavy atom. The summed E-state index contributed by atoms with van der Waals surface area (Å²) in [6, 6.07) is 0. The van der Waals surface area contributed by atoms with Crippen LogP contribution in [-0.4, -0.2) is 67.9 Å². The molecule has 3 fully saturated rings. The quantitative estimate of drug-likeness (QED) is 0.0335. The van der Waals surface area contributed by atoms with E-state index in [1.807, 2.05) is 0 Å². The summed E-state index contributed by atoms with van der Waals surface area (Å²) in [5, 5.41) is 17.3. The van der Waals surface area contributed by atoms with E-state index in [0.29, 0.717) is 36.8 Å². The molecule has 0 aromatic rings. The van der Waals surface area contributed by atoms with Gasteiger partial charge in [0.2, 0.25) is 11.8 Å². The average Bonchev–Trinajstić information content (AvgIpc) is 3.63. The van der Waals surface area contributed by atoms with Crippen LogP contribution in [0.5, 0.6) is 0 Å². The van der Waals surface area contributed by atoms with Gasteiger partial charge in [-0.05, 0) is 163 Å². The molecule has 0 heterocycles. The van der Waals surface area contributed by atoms with Gasteiger partial charge in [0.1, 0.15) is 0 Å². The molecule has 0 saturated heterocycles. The van der Waals surface area contributed by atoms with Crippen LogP contribution in [-0.2, 0) is 14.3 Å². The highest BCUT2D eigenvalue weighted by molar-refractivity contribution is 5.78. The van der Waals surface area contributed by atoms with E-state index in [2.05, 4.69) is 77.2 Å². The first kappa shape index (κ1) is 56.2. The standard InChI is InChI=1S/C58H107N3O4/c1-9-10-11-12-13-14-15-16-17-18-19-22-30-54(62)59-41-24-25-42-60-56(64)47(38-43-61(7)8)29-21-20-23-31-55(63)65-49-36-39-57(5)48(44-49)32-33-50-52-35-34-51(46(4)28-26-27-45(2)3)58(52,6)40-37-53(50)57/h32,45-47,49-53,55,63H,9-31,33-44H2,1-8H3,(H,59,62)(H,60,64). The van der Waals surface area contributed by atoms with Crippen molar-refractivity contribution in [1.29, 1.82) is 0 Å². The van der Waals surface area contributed by atoms with Crippen molar-refractivity contribution in [2.24, 2.45) is 52.3 Å². The first-order chi connectivity index (χ1) is 31.3. The molecule has 378 valence electrons. The number of aliphatic hydroxyl groups is 1. The third-order valence-corrected chi connectivity index (χ3v) is 17.9. The van der Waals surface area contributed by atoms with Crippen molar-refractivity contribution in [3.8, 4) is 0 Å². The monoisotopic (exact) mass is 910 g/mol. The molecule has 0 bridgehead atoms. The first-order valence-electron chi connectivity index (χ1n) is 28.5. The third kappa shape index (κ3) is 18.8. The predicted molar refractivity (Wildman–Crippen MR) is 275 cm³/mol. The summed E-state index contributed by atoms with van der Waals surface area (Å²) < 4.78 is 6.38. The average molecular weight is 911 g/mol. The van der Waals surface area contributed by atoms with Crippen LogP contribution in [0.2, 0.25) is 0 Å². The molecule has 2 amide bonds. The Labute approximate surface area is 402 Å². The number of allylic oxidation sites excluding steroid dienone is 1. The summed E-state index contributed by atoms with van der Waals surface area (Å²) in [4.78, 5) is 27.8. The SMILES string of the molecule is CCCCCCCCCCCCCCC(=O)NCCCCNC(=O)C(CCCCCC(O)OC1CCC2(C)C(=CCC3C2CCC2(C)C(C(C)CCCC(C)C)CCC32)C1)CCN(C)C. The maximum absolute atomic E-state index is 13.3. The van der Waals surface area contributed by atoms with Crippen LogP contribution in [0.1, 0.15) is 247 Å². The lowest BCUT2D eigenvalue weighted by atomic mass is 9.47. The van der Waals surface area contributed by atoms with E-state index in [-0.39, 0.29) is 23.8 Å². The van der Waals surface area contributed by atoms with Gasteiger partial charge in [0.05, 0.1) is 6.10 Å². The second kappa shape index (κ2) is 30.2. The Kier molecular flexibility index (Phi) is 26.1. The summed E-state index contributed by atoms with van der Waals surface area (Å²) in [6.45, 7) is 17.1. The van der Waals surface area contributed by atoms with Gasteiger partial charge < -0.3 is 25.4 Å². The molecular weight excluding hydrogens is 803 g/mol. The predicted octanol–water partition coefficient (Wildman–Crippen LogP) is 14.4. The zero-order chi connectivity index (χ0) is 47.1. The minimum atomic E-state index is -0.707. The van der Waals surface area contributed by atoms with Crippen molar-refractivity contribution >= 4 is 11.8 Å². The molecule has 0 aliphatic heterocycles. The number of nitrogens with zero attached hydrogens (tertiary/aromatic N) is 1. The van der Waals surface area contributed by atoms with Crippen molar-refractivity contribution < 1.29 is 19.4 Å². The van der Waals surface area contributed by atoms with Gasteiger partial charge in [0, 0.05) is 25.4 Å². The van der Waals surface area contributed by atoms with Gasteiger partial charge in [-0.15, -0.1) is 0 Å². The van der Waals surface area contributed by atoms with Gasteiger partial charge in [-0.2, -0.15) is 0 Å². The second-order valence-corrected chi connectivity index (χ2v) is 23.7. The summed E-state index contributed by atoms with van der Waals surface area (Å²) >= 11 is 0. The van der Waals surface area contributed by atoms with Crippen LogP contribution in [0, 0.1) is 52.3 Å². The van der Waals surface area contributed by atoms with Crippen LogP contribution in [0.15, 0.2) is 11.6 Å². The molecule has 0 aromatic carbocycles. The number of fused-ring (bicyclic) bond motifs is 5. The fourth-order valence-electron chi connectivity index (χ4n) is 13.8. The molecule has 7 nitrogen and oxygen atoms in total. The van der Waals surface area contributed by atoms with E-state index in [9.17, 15) is 14.7 Å². The number of carbonyl (C=O) groups excluding carboxylic acids is 2. The minimum Gasteiger partial charge on any atom is -0.368 e. The summed E-state index contributed by atoms with van der Waals surface area (Å²) in [6.07, 6.45) is 39.8. The molecule has 65 heavy (non-hydrogen) atoms. The number of unbranched alkanes of at least 4 members (excludes halogenated alkanes) is 14. The molecule has 10 atom stereocenters. The molecule has 7 heteroatoms. The Bertz CT molecular complexity index is 1350. The summed E-state index contributed by atoms with van der Waals surface area (Å²) in [7, 11) is 4.14. The van der Waals surface area contributed by atoms with E-state index in [0.717, 1.165) is 113 Å². The maximum atomic E-state index is 13.3. The largest absolute Gasteiger partial charge is 0.368 e. The number of hydrogen-bond donors (Lipinski definition) is 3. The molecule has 4 aliphatic carbocycles. The van der Waals surface area contributed by atoms with Gasteiger partial charge in [0.25, 0.3) is 0 Å². The molecule has 3 N–H and O–H groups in total. The molecule has 0 spiro atoms. The Hall–Kier alpha value is -1.44. The lowest BCUT2D eigenvalue weighted by Crippen LogP contribution is -2.51. The summed E-state index contributed by atoms with van der Waals surface area (Å²) in [5.41, 5.74) is 2.46. The van der Waals surface area contributed by atoms with Crippen molar-refractivity contribution in [3.63, 3.8) is 0 Å². The normalized spacial score (nSPS) is 27.7. The first-order valence-corrected chi connectivity index (χ1v) is 28.5. The van der Waals surface area contributed by atoms with Crippen LogP contribution in [0.3, 0.4) is 0 Å². The van der Waals surface area contributed by atoms with Crippen LogP contribution in [0.4, 0.5) is 0 Å². The highest BCUT2D eigenvalue weighted by Gasteiger charge is 2.59. The van der Waals surface area contributed by atoms with Crippen LogP contribution < -0.4 is 10.6 Å². The molecule has 4 rings (SSSR count). The molecule has 0 radical (unpaired) electrons. The lowest BCUT2D eigenvalue weighted by Gasteiger charge is -2.58. The zero-order valence-corrected chi connectivity index (χ0v) is 44.1. The van der Waals surface area contributed by atoms with Gasteiger partial charge in [0.15, 0.2) is 6.29 Å². The number of aliphatic hydroxyl groups excluding tert-OH is 1. The Morgan fingerprint density at radius 2 is 1.37 bits per heavy atom. The molecule has 10 unspecified atom stereocenters. The van der Waals surface area contributed by atoms with Gasteiger partial charge in [-0.25, -0.2) is 0 Å². The van der Waals surface area contributed by atoms with Crippen molar-refractivity contribution in [2.75, 3.05) is 33.7 Å². The minimum absolute atomic E-state index is 0.00451. The smallest absolute Gasteiger partial charge is 0.223 e.